The molecule has 1 unspecified atom stereocenters. The van der Waals surface area contributed by atoms with E-state index in [0.717, 1.165) is 34.1 Å². The number of hydrazone groups is 1. The van der Waals surface area contributed by atoms with Crippen molar-refractivity contribution in [3.8, 4) is 0 Å². The first-order valence-electron chi connectivity index (χ1n) is 9.10. The third kappa shape index (κ3) is 4.37. The van der Waals surface area contributed by atoms with Crippen molar-refractivity contribution >= 4 is 52.0 Å². The summed E-state index contributed by atoms with van der Waals surface area (Å²) in [7, 11) is 0. The van der Waals surface area contributed by atoms with Crippen LogP contribution in [0.4, 0.5) is 5.13 Å². The van der Waals surface area contributed by atoms with Gasteiger partial charge in [0.25, 0.3) is 0 Å². The molecule has 2 aromatic carbocycles. The molecule has 0 spiro atoms. The fourth-order valence-electron chi connectivity index (χ4n) is 3.36. The van der Waals surface area contributed by atoms with Crippen molar-refractivity contribution in [2.24, 2.45) is 5.10 Å². The van der Waals surface area contributed by atoms with Gasteiger partial charge in [-0.3, -0.25) is 4.79 Å². The molecule has 7 heteroatoms. The number of nitrogens with zero attached hydrogens (tertiary/aromatic N) is 3. The van der Waals surface area contributed by atoms with Gasteiger partial charge in [0.15, 0.2) is 5.78 Å². The summed E-state index contributed by atoms with van der Waals surface area (Å²) in [5.41, 5.74) is 5.20. The standard InChI is InChI=1S/C22H20ClN3OS.ClH/c1-13-4-6-16(7-5-13)19-12-20(17-8-10-18(23)11-9-17)26(25-19)22-24-14(2)21(28-22)15(3)27;/h4-11,20H,12H2,1-3H3;1H. The van der Waals surface area contributed by atoms with Gasteiger partial charge in [-0.25, -0.2) is 9.99 Å². The van der Waals surface area contributed by atoms with Gasteiger partial charge in [-0.05, 0) is 37.1 Å². The number of rotatable bonds is 4. The van der Waals surface area contributed by atoms with Crippen molar-refractivity contribution in [1.29, 1.82) is 0 Å². The Morgan fingerprint density at radius 2 is 1.76 bits per heavy atom. The highest BCUT2D eigenvalue weighted by atomic mass is 35.5. The quantitative estimate of drug-likeness (QED) is 0.436. The highest BCUT2D eigenvalue weighted by Gasteiger charge is 2.32. The zero-order valence-electron chi connectivity index (χ0n) is 16.3. The van der Waals surface area contributed by atoms with E-state index in [0.29, 0.717) is 9.90 Å². The summed E-state index contributed by atoms with van der Waals surface area (Å²) in [6.45, 7) is 5.52. The highest BCUT2D eigenvalue weighted by molar-refractivity contribution is 7.17. The molecule has 0 saturated carbocycles. The van der Waals surface area contributed by atoms with Crippen molar-refractivity contribution in [2.45, 2.75) is 33.2 Å². The fourth-order valence-corrected chi connectivity index (χ4v) is 4.45. The normalized spacial score (nSPS) is 15.8. The van der Waals surface area contributed by atoms with Crippen LogP contribution in [0.1, 0.15) is 51.4 Å². The maximum Gasteiger partial charge on any atom is 0.207 e. The van der Waals surface area contributed by atoms with E-state index < -0.39 is 0 Å². The van der Waals surface area contributed by atoms with Crippen molar-refractivity contribution in [3.63, 3.8) is 0 Å². The van der Waals surface area contributed by atoms with Gasteiger partial charge < -0.3 is 0 Å². The summed E-state index contributed by atoms with van der Waals surface area (Å²) < 4.78 is 0. The van der Waals surface area contributed by atoms with E-state index in [9.17, 15) is 4.79 Å². The largest absolute Gasteiger partial charge is 0.294 e. The molecule has 0 N–H and O–H groups in total. The lowest BCUT2D eigenvalue weighted by Gasteiger charge is -2.21. The minimum Gasteiger partial charge on any atom is -0.294 e. The Morgan fingerprint density at radius 3 is 2.34 bits per heavy atom. The molecule has 4 nitrogen and oxygen atoms in total. The molecule has 1 aliphatic heterocycles. The molecule has 150 valence electrons. The number of hydrogen-bond acceptors (Lipinski definition) is 5. The van der Waals surface area contributed by atoms with Crippen LogP contribution in [0.5, 0.6) is 0 Å². The molecule has 4 rings (SSSR count). The zero-order valence-corrected chi connectivity index (χ0v) is 18.7. The number of Topliss-reactive ketones (excluding diaryl/α,β-unsaturated/α-hetero) is 1. The van der Waals surface area contributed by atoms with Gasteiger partial charge in [0.1, 0.15) is 0 Å². The molecule has 0 fully saturated rings. The molecule has 1 aliphatic rings. The van der Waals surface area contributed by atoms with Crippen molar-refractivity contribution < 1.29 is 4.79 Å². The maximum atomic E-state index is 11.9. The van der Waals surface area contributed by atoms with Crippen LogP contribution in [-0.2, 0) is 0 Å². The third-order valence-electron chi connectivity index (χ3n) is 4.85. The molecule has 0 radical (unpaired) electrons. The first-order valence-corrected chi connectivity index (χ1v) is 10.3. The van der Waals surface area contributed by atoms with Crippen molar-refractivity contribution in [1.82, 2.24) is 4.98 Å². The number of anilines is 1. The van der Waals surface area contributed by atoms with Gasteiger partial charge in [-0.2, -0.15) is 5.10 Å². The number of aromatic nitrogens is 1. The van der Waals surface area contributed by atoms with E-state index in [4.69, 9.17) is 16.7 Å². The van der Waals surface area contributed by atoms with E-state index in [2.05, 4.69) is 36.2 Å². The highest BCUT2D eigenvalue weighted by Crippen LogP contribution is 2.39. The van der Waals surface area contributed by atoms with E-state index in [-0.39, 0.29) is 24.2 Å². The zero-order chi connectivity index (χ0) is 19.8. The van der Waals surface area contributed by atoms with Gasteiger partial charge >= 0.3 is 0 Å². The summed E-state index contributed by atoms with van der Waals surface area (Å²) in [6.07, 6.45) is 0.763. The number of carbonyl (C=O) groups excluding carboxylic acids is 1. The molecule has 0 bridgehead atoms. The topological polar surface area (TPSA) is 45.6 Å². The van der Waals surface area contributed by atoms with Crippen LogP contribution >= 0.6 is 35.3 Å². The molecule has 3 aromatic rings. The molecule has 29 heavy (non-hydrogen) atoms. The van der Waals surface area contributed by atoms with Gasteiger partial charge in [0, 0.05) is 18.4 Å². The van der Waals surface area contributed by atoms with Crippen molar-refractivity contribution in [2.75, 3.05) is 5.01 Å². The summed E-state index contributed by atoms with van der Waals surface area (Å²) in [5.74, 6) is 0.0335. The minimum atomic E-state index is 0. The number of thiazole rings is 1. The van der Waals surface area contributed by atoms with Crippen LogP contribution in [0.15, 0.2) is 53.6 Å². The molecular formula is C22H21Cl2N3OS. The molecule has 0 amide bonds. The Hall–Kier alpha value is -2.21. The first kappa shape index (κ1) is 21.5. The predicted molar refractivity (Wildman–Crippen MR) is 123 cm³/mol. The summed E-state index contributed by atoms with van der Waals surface area (Å²) in [4.78, 5) is 17.2. The minimum absolute atomic E-state index is 0. The molecular weight excluding hydrogens is 425 g/mol. The number of carbonyl (C=O) groups is 1. The second kappa shape index (κ2) is 8.66. The average molecular weight is 446 g/mol. The van der Waals surface area contributed by atoms with Gasteiger partial charge in [-0.1, -0.05) is 64.9 Å². The third-order valence-corrected chi connectivity index (χ3v) is 6.35. The first-order chi connectivity index (χ1) is 13.4. The predicted octanol–water partition coefficient (Wildman–Crippen LogP) is 6.39. The maximum absolute atomic E-state index is 11.9. The Labute approximate surface area is 185 Å². The van der Waals surface area contributed by atoms with E-state index in [1.165, 1.54) is 16.9 Å². The van der Waals surface area contributed by atoms with Crippen LogP contribution in [0.2, 0.25) is 5.02 Å². The van der Waals surface area contributed by atoms with E-state index in [1.807, 2.05) is 36.2 Å². The number of aryl methyl sites for hydroxylation is 2. The number of benzene rings is 2. The average Bonchev–Trinajstić information content (AvgIpc) is 3.27. The summed E-state index contributed by atoms with van der Waals surface area (Å²) in [6, 6.07) is 16.3. The molecule has 0 aliphatic carbocycles. The monoisotopic (exact) mass is 445 g/mol. The lowest BCUT2D eigenvalue weighted by atomic mass is 9.98. The number of ketones is 1. The smallest absolute Gasteiger partial charge is 0.207 e. The molecule has 2 heterocycles. The van der Waals surface area contributed by atoms with Crippen molar-refractivity contribution in [3.05, 3.63) is 80.8 Å². The number of hydrogen-bond donors (Lipinski definition) is 0. The second-order valence-corrected chi connectivity index (χ2v) is 8.41. The van der Waals surface area contributed by atoms with E-state index in [1.54, 1.807) is 6.92 Å². The van der Waals surface area contributed by atoms with Crippen LogP contribution in [-0.4, -0.2) is 16.5 Å². The van der Waals surface area contributed by atoms with Gasteiger partial charge in [0.2, 0.25) is 5.13 Å². The number of halogens is 2. The Kier molecular flexibility index (Phi) is 6.42. The van der Waals surface area contributed by atoms with Gasteiger partial charge in [0.05, 0.1) is 22.3 Å². The Bertz CT molecular complexity index is 1060. The SMILES string of the molecule is CC(=O)c1sc(N2N=C(c3ccc(C)cc3)CC2c2ccc(Cl)cc2)nc1C.Cl. The van der Waals surface area contributed by atoms with Crippen LogP contribution in [0, 0.1) is 13.8 Å². The molecule has 1 atom stereocenters. The lowest BCUT2D eigenvalue weighted by molar-refractivity contribution is 0.102. The van der Waals surface area contributed by atoms with E-state index >= 15 is 0 Å². The Balaban J connectivity index is 0.00000240. The summed E-state index contributed by atoms with van der Waals surface area (Å²) in [5, 5.41) is 8.30. The van der Waals surface area contributed by atoms with Crippen LogP contribution < -0.4 is 5.01 Å². The Morgan fingerprint density at radius 1 is 1.10 bits per heavy atom. The lowest BCUT2D eigenvalue weighted by Crippen LogP contribution is -2.18. The fraction of sp³-hybridized carbons (Fsp3) is 0.227. The van der Waals surface area contributed by atoms with Crippen LogP contribution in [0.3, 0.4) is 0 Å². The second-order valence-electron chi connectivity index (χ2n) is 7.00. The molecule has 1 aromatic heterocycles. The van der Waals surface area contributed by atoms with Crippen LogP contribution in [0.25, 0.3) is 0 Å². The summed E-state index contributed by atoms with van der Waals surface area (Å²) >= 11 is 7.48. The van der Waals surface area contributed by atoms with Gasteiger partial charge in [-0.15, -0.1) is 12.4 Å². The molecule has 0 saturated heterocycles.